The molecule has 0 aliphatic heterocycles. The van der Waals surface area contributed by atoms with Crippen molar-refractivity contribution in [1.29, 1.82) is 0 Å². The lowest BCUT2D eigenvalue weighted by Gasteiger charge is -2.06. The van der Waals surface area contributed by atoms with Crippen LogP contribution in [-0.4, -0.2) is 23.1 Å². The van der Waals surface area contributed by atoms with Crippen molar-refractivity contribution in [2.45, 2.75) is 0 Å². The van der Waals surface area contributed by atoms with Gasteiger partial charge in [0.25, 0.3) is 5.91 Å². The first-order valence-electron chi connectivity index (χ1n) is 6.21. The summed E-state index contributed by atoms with van der Waals surface area (Å²) in [6.45, 7) is 0. The van der Waals surface area contributed by atoms with Crippen LogP contribution in [0.1, 0.15) is 10.4 Å². The van der Waals surface area contributed by atoms with Gasteiger partial charge in [-0.3, -0.25) is 10.1 Å². The van der Waals surface area contributed by atoms with Gasteiger partial charge in [0.2, 0.25) is 0 Å². The van der Waals surface area contributed by atoms with Gasteiger partial charge in [0.15, 0.2) is 5.13 Å². The van der Waals surface area contributed by atoms with E-state index < -0.39 is 5.91 Å². The second-order valence-electron chi connectivity index (χ2n) is 4.32. The number of benzene rings is 2. The molecular weight excluding hydrogens is 288 g/mol. The molecule has 6 heteroatoms. The molecule has 1 heterocycles. The molecule has 0 aliphatic rings. The van der Waals surface area contributed by atoms with E-state index in [-0.39, 0.29) is 11.3 Å². The monoisotopic (exact) mass is 300 g/mol. The number of hydrogen-bond acceptors (Lipinski definition) is 5. The number of para-hydroxylation sites is 1. The average molecular weight is 300 g/mol. The van der Waals surface area contributed by atoms with Crippen LogP contribution in [-0.2, 0) is 0 Å². The third-order valence-electron chi connectivity index (χ3n) is 2.96. The summed E-state index contributed by atoms with van der Waals surface area (Å²) in [6.07, 6.45) is 0. The average Bonchev–Trinajstić information content (AvgIpc) is 2.88. The quantitative estimate of drug-likeness (QED) is 0.779. The summed E-state index contributed by atoms with van der Waals surface area (Å²) >= 11 is 1.38. The van der Waals surface area contributed by atoms with Crippen molar-refractivity contribution in [2.75, 3.05) is 12.4 Å². The Bertz CT molecular complexity index is 781. The van der Waals surface area contributed by atoms with Crippen LogP contribution < -0.4 is 10.1 Å². The number of aromatic hydroxyl groups is 1. The van der Waals surface area contributed by atoms with Crippen LogP contribution in [0.3, 0.4) is 0 Å². The Morgan fingerprint density at radius 2 is 2.10 bits per heavy atom. The number of hydrogen-bond donors (Lipinski definition) is 2. The maximum absolute atomic E-state index is 12.2. The zero-order valence-corrected chi connectivity index (χ0v) is 12.0. The smallest absolute Gasteiger partial charge is 0.261 e. The number of carbonyl (C=O) groups is 1. The summed E-state index contributed by atoms with van der Waals surface area (Å²) in [5.74, 6) is -0.0498. The van der Waals surface area contributed by atoms with Crippen molar-refractivity contribution >= 4 is 32.6 Å². The van der Waals surface area contributed by atoms with Gasteiger partial charge in [0.1, 0.15) is 11.5 Å². The van der Waals surface area contributed by atoms with E-state index in [9.17, 15) is 9.90 Å². The number of amides is 1. The molecule has 3 aromatic rings. The molecule has 1 aromatic heterocycles. The number of ether oxygens (including phenoxy) is 1. The van der Waals surface area contributed by atoms with Gasteiger partial charge in [-0.15, -0.1) is 0 Å². The highest BCUT2D eigenvalue weighted by atomic mass is 32.1. The Hall–Kier alpha value is -2.60. The van der Waals surface area contributed by atoms with E-state index in [1.165, 1.54) is 30.6 Å². The fourth-order valence-corrected chi connectivity index (χ4v) is 2.78. The van der Waals surface area contributed by atoms with Gasteiger partial charge >= 0.3 is 0 Å². The summed E-state index contributed by atoms with van der Waals surface area (Å²) in [4.78, 5) is 16.5. The van der Waals surface area contributed by atoms with Crippen LogP contribution in [0.4, 0.5) is 5.13 Å². The highest BCUT2D eigenvalue weighted by Crippen LogP contribution is 2.28. The van der Waals surface area contributed by atoms with Crippen LogP contribution in [0.2, 0.25) is 0 Å². The molecule has 2 N–H and O–H groups in total. The normalized spacial score (nSPS) is 10.5. The molecule has 21 heavy (non-hydrogen) atoms. The second kappa shape index (κ2) is 5.41. The fourth-order valence-electron chi connectivity index (χ4n) is 1.92. The number of phenols is 1. The lowest BCUT2D eigenvalue weighted by Crippen LogP contribution is -2.11. The van der Waals surface area contributed by atoms with Crippen molar-refractivity contribution in [1.82, 2.24) is 4.98 Å². The van der Waals surface area contributed by atoms with E-state index in [2.05, 4.69) is 10.3 Å². The summed E-state index contributed by atoms with van der Waals surface area (Å²) < 4.78 is 5.98. The van der Waals surface area contributed by atoms with Crippen LogP contribution in [0, 0.1) is 0 Å². The molecule has 3 rings (SSSR count). The zero-order chi connectivity index (χ0) is 14.8. The summed E-state index contributed by atoms with van der Waals surface area (Å²) in [7, 11) is 1.50. The molecule has 5 nitrogen and oxygen atoms in total. The van der Waals surface area contributed by atoms with Gasteiger partial charge in [0.05, 0.1) is 22.9 Å². The first-order chi connectivity index (χ1) is 10.2. The zero-order valence-electron chi connectivity index (χ0n) is 11.2. The molecule has 0 saturated carbocycles. The van der Waals surface area contributed by atoms with E-state index >= 15 is 0 Å². The van der Waals surface area contributed by atoms with Crippen molar-refractivity contribution in [3.63, 3.8) is 0 Å². The first kappa shape index (κ1) is 13.4. The Morgan fingerprint density at radius 1 is 1.29 bits per heavy atom. The minimum absolute atomic E-state index is 0.132. The molecule has 0 spiro atoms. The van der Waals surface area contributed by atoms with Gasteiger partial charge in [-0.05, 0) is 24.3 Å². The highest BCUT2D eigenvalue weighted by molar-refractivity contribution is 7.22. The molecule has 1 amide bonds. The van der Waals surface area contributed by atoms with Gasteiger partial charge < -0.3 is 9.84 Å². The Morgan fingerprint density at radius 3 is 2.81 bits per heavy atom. The molecule has 0 saturated heterocycles. The van der Waals surface area contributed by atoms with E-state index in [4.69, 9.17) is 4.74 Å². The van der Waals surface area contributed by atoms with Crippen LogP contribution >= 0.6 is 11.3 Å². The highest BCUT2D eigenvalue weighted by Gasteiger charge is 2.14. The number of methoxy groups -OCH3 is 1. The number of nitrogens with zero attached hydrogens (tertiary/aromatic N) is 1. The molecule has 106 valence electrons. The molecule has 2 aromatic carbocycles. The summed E-state index contributed by atoms with van der Waals surface area (Å²) in [5.41, 5.74) is 1.01. The molecule has 0 unspecified atom stereocenters. The van der Waals surface area contributed by atoms with Crippen molar-refractivity contribution in [3.05, 3.63) is 48.0 Å². The largest absolute Gasteiger partial charge is 0.507 e. The third kappa shape index (κ3) is 2.66. The maximum Gasteiger partial charge on any atom is 0.261 e. The van der Waals surface area contributed by atoms with Gasteiger partial charge in [-0.1, -0.05) is 23.5 Å². The second-order valence-corrected chi connectivity index (χ2v) is 5.35. The van der Waals surface area contributed by atoms with E-state index in [1.54, 1.807) is 6.07 Å². The van der Waals surface area contributed by atoms with E-state index in [0.717, 1.165) is 10.2 Å². The molecule has 0 fully saturated rings. The van der Waals surface area contributed by atoms with Crippen LogP contribution in [0.5, 0.6) is 11.5 Å². The Balaban J connectivity index is 1.85. The molecular formula is C15H12N2O3S. The lowest BCUT2D eigenvalue weighted by atomic mass is 10.2. The molecule has 0 bridgehead atoms. The molecule has 0 atom stereocenters. The fraction of sp³-hybridized carbons (Fsp3) is 0.0667. The number of nitrogens with one attached hydrogen (secondary N) is 1. The number of anilines is 1. The van der Waals surface area contributed by atoms with Crippen LogP contribution in [0.15, 0.2) is 42.5 Å². The van der Waals surface area contributed by atoms with Crippen LogP contribution in [0.25, 0.3) is 10.2 Å². The van der Waals surface area contributed by atoms with Crippen molar-refractivity contribution in [2.24, 2.45) is 0 Å². The van der Waals surface area contributed by atoms with E-state index in [0.29, 0.717) is 10.9 Å². The van der Waals surface area contributed by atoms with Gasteiger partial charge in [-0.2, -0.15) is 0 Å². The number of phenolic OH excluding ortho intramolecular Hbond substituents is 1. The summed E-state index contributed by atoms with van der Waals surface area (Å²) in [6, 6.07) is 12.2. The van der Waals surface area contributed by atoms with Gasteiger partial charge in [0, 0.05) is 6.07 Å². The Kier molecular flexibility index (Phi) is 3.45. The molecule has 0 radical (unpaired) electrons. The predicted octanol–water partition coefficient (Wildman–Crippen LogP) is 3.26. The van der Waals surface area contributed by atoms with E-state index in [1.807, 2.05) is 24.3 Å². The van der Waals surface area contributed by atoms with Crippen molar-refractivity contribution < 1.29 is 14.6 Å². The number of thiazole rings is 1. The van der Waals surface area contributed by atoms with Crippen molar-refractivity contribution in [3.8, 4) is 11.5 Å². The number of rotatable bonds is 3. The lowest BCUT2D eigenvalue weighted by molar-refractivity contribution is 0.102. The SMILES string of the molecule is COc1ccc(C(=O)Nc2nc3ccccc3s2)c(O)c1. The summed E-state index contributed by atoms with van der Waals surface area (Å²) in [5, 5.41) is 13.0. The Labute approximate surface area is 124 Å². The minimum atomic E-state index is -0.408. The standard InChI is InChI=1S/C15H12N2O3S/c1-20-9-6-7-10(12(18)8-9)14(19)17-15-16-11-4-2-3-5-13(11)21-15/h2-8,18H,1H3,(H,16,17,19). The molecule has 0 aliphatic carbocycles. The number of fused-ring (bicyclic) bond motifs is 1. The predicted molar refractivity (Wildman–Crippen MR) is 82.2 cm³/mol. The van der Waals surface area contributed by atoms with Gasteiger partial charge in [-0.25, -0.2) is 4.98 Å². The first-order valence-corrected chi connectivity index (χ1v) is 7.03. The topological polar surface area (TPSA) is 71.5 Å². The maximum atomic E-state index is 12.2. The third-order valence-corrected chi connectivity index (χ3v) is 3.92. The number of carbonyl (C=O) groups excluding carboxylic acids is 1. The number of aromatic nitrogens is 1. The minimum Gasteiger partial charge on any atom is -0.507 e.